The van der Waals surface area contributed by atoms with E-state index >= 15 is 0 Å². The Morgan fingerprint density at radius 3 is 2.07 bits per heavy atom. The molecule has 0 radical (unpaired) electrons. The number of Topliss-reactive ketones (excluding diaryl/α,β-unsaturated/α-hetero) is 1. The molecular weight excluding hydrogens is 699 g/mol. The minimum absolute atomic E-state index is 0.0464. The van der Waals surface area contributed by atoms with Gasteiger partial charge in [0.2, 0.25) is 11.8 Å². The van der Waals surface area contributed by atoms with Crippen molar-refractivity contribution in [3.8, 4) is 0 Å². The number of carbonyl (C=O) groups is 4. The highest BCUT2D eigenvalue weighted by Crippen LogP contribution is 2.29. The number of hydrogen-bond acceptors (Lipinski definition) is 7. The Morgan fingerprint density at radius 1 is 0.870 bits per heavy atom. The van der Waals surface area contributed by atoms with Crippen LogP contribution >= 0.6 is 0 Å². The van der Waals surface area contributed by atoms with Crippen molar-refractivity contribution in [3.63, 3.8) is 0 Å². The van der Waals surface area contributed by atoms with Crippen molar-refractivity contribution in [2.24, 2.45) is 0 Å². The second-order valence-corrected chi connectivity index (χ2v) is 14.3. The van der Waals surface area contributed by atoms with Gasteiger partial charge < -0.3 is 29.7 Å². The number of benzene rings is 3. The number of halogens is 3. The number of carbonyl (C=O) groups excluding carboxylic acids is 4. The maximum Gasteiger partial charge on any atom is 0.416 e. The smallest absolute Gasteiger partial charge is 0.416 e. The number of likely N-dealkylation sites (N-methyl/N-ethyl adjacent to an activating group) is 1. The Balaban J connectivity index is 1.57. The van der Waals surface area contributed by atoms with Gasteiger partial charge in [-0.25, -0.2) is 4.79 Å². The van der Waals surface area contributed by atoms with Crippen molar-refractivity contribution >= 4 is 35.5 Å². The first kappa shape index (κ1) is 41.6. The minimum Gasteiger partial charge on any atom is -0.444 e. The van der Waals surface area contributed by atoms with Gasteiger partial charge in [0.15, 0.2) is 5.78 Å². The second kappa shape index (κ2) is 18.7. The van der Waals surface area contributed by atoms with Crippen molar-refractivity contribution in [1.82, 2.24) is 20.0 Å². The van der Waals surface area contributed by atoms with Crippen molar-refractivity contribution in [3.05, 3.63) is 107 Å². The molecule has 54 heavy (non-hydrogen) atoms. The first-order valence-electron chi connectivity index (χ1n) is 18.0. The SMILES string of the molecule is CC(=O)N1CCN(c2ccc(CN(C(=O)/C=C/c3ccc(C(F)(F)F)cc3)[C@@H](Cc3ccccc3)C(=O)CNCCN(C)C(=O)OC(C)(C)C)cc2)CC1. The highest BCUT2D eigenvalue weighted by molar-refractivity contribution is 5.96. The number of rotatable bonds is 14. The molecule has 1 heterocycles. The number of ether oxygens (including phenoxy) is 1. The summed E-state index contributed by atoms with van der Waals surface area (Å²) in [6, 6.07) is 20.6. The highest BCUT2D eigenvalue weighted by Gasteiger charge is 2.31. The van der Waals surface area contributed by atoms with E-state index in [-0.39, 0.29) is 37.7 Å². The molecule has 10 nitrogen and oxygen atoms in total. The Hall–Kier alpha value is -5.17. The summed E-state index contributed by atoms with van der Waals surface area (Å²) in [4.78, 5) is 59.2. The van der Waals surface area contributed by atoms with Crippen LogP contribution in [0.3, 0.4) is 0 Å². The molecule has 1 atom stereocenters. The van der Waals surface area contributed by atoms with E-state index in [9.17, 15) is 32.3 Å². The Labute approximate surface area is 315 Å². The molecule has 3 amide bonds. The summed E-state index contributed by atoms with van der Waals surface area (Å²) in [5.74, 6) is -0.696. The first-order valence-corrected chi connectivity index (χ1v) is 18.0. The summed E-state index contributed by atoms with van der Waals surface area (Å²) in [5, 5.41) is 3.11. The third kappa shape index (κ3) is 12.8. The van der Waals surface area contributed by atoms with Gasteiger partial charge in [0.25, 0.3) is 0 Å². The highest BCUT2D eigenvalue weighted by atomic mass is 19.4. The molecule has 1 aliphatic heterocycles. The monoisotopic (exact) mass is 749 g/mol. The topological polar surface area (TPSA) is 103 Å². The minimum atomic E-state index is -4.49. The van der Waals surface area contributed by atoms with Crippen LogP contribution in [-0.2, 0) is 38.3 Å². The number of amides is 3. The van der Waals surface area contributed by atoms with Crippen LogP contribution in [0, 0.1) is 0 Å². The average molecular weight is 750 g/mol. The van der Waals surface area contributed by atoms with Gasteiger partial charge in [0.05, 0.1) is 18.2 Å². The molecule has 1 N–H and O–H groups in total. The lowest BCUT2D eigenvalue weighted by Gasteiger charge is -2.35. The van der Waals surface area contributed by atoms with Crippen LogP contribution in [0.15, 0.2) is 84.9 Å². The maximum absolute atomic E-state index is 14.1. The number of ketones is 1. The molecule has 0 aromatic heterocycles. The lowest BCUT2D eigenvalue weighted by atomic mass is 9.99. The molecule has 3 aromatic carbocycles. The number of piperazine rings is 1. The molecule has 290 valence electrons. The Bertz CT molecular complexity index is 1730. The van der Waals surface area contributed by atoms with E-state index in [0.29, 0.717) is 38.3 Å². The second-order valence-electron chi connectivity index (χ2n) is 14.3. The summed E-state index contributed by atoms with van der Waals surface area (Å²) in [6.07, 6.45) is -2.04. The van der Waals surface area contributed by atoms with Gasteiger partial charge in [-0.3, -0.25) is 14.4 Å². The van der Waals surface area contributed by atoms with Gasteiger partial charge in [-0.15, -0.1) is 0 Å². The number of anilines is 1. The van der Waals surface area contributed by atoms with E-state index in [1.807, 2.05) is 59.5 Å². The number of nitrogens with zero attached hydrogens (tertiary/aromatic N) is 4. The van der Waals surface area contributed by atoms with E-state index in [2.05, 4.69) is 10.2 Å². The van der Waals surface area contributed by atoms with Gasteiger partial charge >= 0.3 is 12.3 Å². The molecule has 1 saturated heterocycles. The van der Waals surface area contributed by atoms with Crippen molar-refractivity contribution in [2.75, 3.05) is 57.8 Å². The third-order valence-electron chi connectivity index (χ3n) is 8.97. The van der Waals surface area contributed by atoms with E-state index < -0.39 is 35.4 Å². The number of nitrogens with one attached hydrogen (secondary N) is 1. The Morgan fingerprint density at radius 2 is 1.50 bits per heavy atom. The molecule has 1 fully saturated rings. The predicted molar refractivity (Wildman–Crippen MR) is 203 cm³/mol. The van der Waals surface area contributed by atoms with Crippen molar-refractivity contribution < 1.29 is 37.1 Å². The zero-order chi connectivity index (χ0) is 39.5. The fourth-order valence-corrected chi connectivity index (χ4v) is 5.92. The largest absolute Gasteiger partial charge is 0.444 e. The predicted octanol–water partition coefficient (Wildman–Crippen LogP) is 6.05. The van der Waals surface area contributed by atoms with Crippen LogP contribution in [0.4, 0.5) is 23.7 Å². The van der Waals surface area contributed by atoms with Crippen molar-refractivity contribution in [2.45, 2.75) is 58.5 Å². The van der Waals surface area contributed by atoms with Gasteiger partial charge in [0.1, 0.15) is 5.60 Å². The first-order chi connectivity index (χ1) is 25.5. The fraction of sp³-hybridized carbons (Fsp3) is 0.415. The van der Waals surface area contributed by atoms with Crippen LogP contribution in [-0.4, -0.2) is 103 Å². The molecule has 0 aliphatic carbocycles. The van der Waals surface area contributed by atoms with E-state index in [1.165, 1.54) is 34.1 Å². The van der Waals surface area contributed by atoms with Gasteiger partial charge in [-0.05, 0) is 67.8 Å². The summed E-state index contributed by atoms with van der Waals surface area (Å²) in [7, 11) is 1.61. The van der Waals surface area contributed by atoms with Crippen molar-refractivity contribution in [1.29, 1.82) is 0 Å². The molecule has 0 spiro atoms. The standard InChI is InChI=1S/C41H50F3N5O5/c1-30(50)47-23-25-48(26-24-47)35-18-13-33(14-19-35)29-49(38(52)20-15-31-11-16-34(17-12-31)41(42,43)44)36(27-32-9-7-6-8-10-32)37(51)28-45-21-22-46(5)39(53)54-40(2,3)4/h6-20,36,45H,21-29H2,1-5H3/b20-15+/t36-/m0/s1. The van der Waals surface area contributed by atoms with Crippen LogP contribution < -0.4 is 10.2 Å². The van der Waals surface area contributed by atoms with Gasteiger partial charge in [0, 0.05) is 78.0 Å². The third-order valence-corrected chi connectivity index (χ3v) is 8.97. The lowest BCUT2D eigenvalue weighted by molar-refractivity contribution is -0.137. The molecule has 1 aliphatic rings. The average Bonchev–Trinajstić information content (AvgIpc) is 3.13. The molecule has 0 unspecified atom stereocenters. The molecule has 4 rings (SSSR count). The zero-order valence-electron chi connectivity index (χ0n) is 31.6. The molecule has 13 heteroatoms. The fourth-order valence-electron chi connectivity index (χ4n) is 5.92. The molecule has 3 aromatic rings. The van der Waals surface area contributed by atoms with Crippen LogP contribution in [0.2, 0.25) is 0 Å². The summed E-state index contributed by atoms with van der Waals surface area (Å²) in [6.45, 7) is 10.1. The maximum atomic E-state index is 14.1. The summed E-state index contributed by atoms with van der Waals surface area (Å²) < 4.78 is 44.9. The molecule has 0 bridgehead atoms. The normalized spacial score (nSPS) is 14.1. The quantitative estimate of drug-likeness (QED) is 0.158. The summed E-state index contributed by atoms with van der Waals surface area (Å²) in [5.41, 5.74) is 1.53. The molecule has 0 saturated carbocycles. The Kier molecular flexibility index (Phi) is 14.4. The van der Waals surface area contributed by atoms with E-state index in [0.717, 1.165) is 28.9 Å². The van der Waals surface area contributed by atoms with Crippen LogP contribution in [0.1, 0.15) is 49.9 Å². The van der Waals surface area contributed by atoms with E-state index in [4.69, 9.17) is 4.74 Å². The number of hydrogen-bond donors (Lipinski definition) is 1. The zero-order valence-corrected chi connectivity index (χ0v) is 31.6. The van der Waals surface area contributed by atoms with E-state index in [1.54, 1.807) is 34.7 Å². The van der Waals surface area contributed by atoms with Crippen LogP contribution in [0.25, 0.3) is 6.08 Å². The molecular formula is C41H50F3N5O5. The lowest BCUT2D eigenvalue weighted by Crippen LogP contribution is -2.49. The number of alkyl halides is 3. The van der Waals surface area contributed by atoms with Gasteiger partial charge in [-0.2, -0.15) is 13.2 Å². The van der Waals surface area contributed by atoms with Crippen LogP contribution in [0.5, 0.6) is 0 Å². The summed E-state index contributed by atoms with van der Waals surface area (Å²) >= 11 is 0. The van der Waals surface area contributed by atoms with Gasteiger partial charge in [-0.1, -0.05) is 54.6 Å².